The van der Waals surface area contributed by atoms with Gasteiger partial charge in [0.2, 0.25) is 0 Å². The van der Waals surface area contributed by atoms with Gasteiger partial charge in [0.15, 0.2) is 0 Å². The molecule has 0 aliphatic heterocycles. The highest BCUT2D eigenvalue weighted by Gasteiger charge is 2.17. The quantitative estimate of drug-likeness (QED) is 0.690. The van der Waals surface area contributed by atoms with Crippen LogP contribution in [-0.2, 0) is 18.4 Å². The second-order valence-corrected chi connectivity index (χ2v) is 5.44. The van der Waals surface area contributed by atoms with Crippen LogP contribution in [0.5, 0.6) is 0 Å². The molecule has 0 spiro atoms. The average Bonchev–Trinajstić information content (AvgIpc) is 3.10. The van der Waals surface area contributed by atoms with Crippen LogP contribution >= 0.6 is 11.6 Å². The summed E-state index contributed by atoms with van der Waals surface area (Å²) < 4.78 is 8.48. The van der Waals surface area contributed by atoms with Gasteiger partial charge in [-0.3, -0.25) is 4.68 Å². The topological polar surface area (TPSA) is 61.9 Å². The summed E-state index contributed by atoms with van der Waals surface area (Å²) in [7, 11) is 1.74. The van der Waals surface area contributed by atoms with Gasteiger partial charge in [-0.1, -0.05) is 29.8 Å². The van der Waals surface area contributed by atoms with Gasteiger partial charge in [0.25, 0.3) is 0 Å². The molecule has 0 unspecified atom stereocenters. The number of rotatable bonds is 4. The van der Waals surface area contributed by atoms with E-state index in [-0.39, 0.29) is 6.61 Å². The molecule has 0 saturated carbocycles. The molecule has 2 heterocycles. The van der Waals surface area contributed by atoms with Crippen LogP contribution in [0.1, 0.15) is 21.6 Å². The number of hydrogen-bond donors (Lipinski definition) is 0. The molecule has 3 aromatic rings. The number of aryl methyl sites for hydroxylation is 2. The van der Waals surface area contributed by atoms with E-state index >= 15 is 0 Å². The van der Waals surface area contributed by atoms with Gasteiger partial charge in [0.1, 0.15) is 11.8 Å². The number of para-hydroxylation sites is 1. The van der Waals surface area contributed by atoms with Crippen LogP contribution in [0, 0.1) is 6.92 Å². The van der Waals surface area contributed by atoms with Gasteiger partial charge in [-0.05, 0) is 19.1 Å². The van der Waals surface area contributed by atoms with Gasteiger partial charge in [-0.15, -0.1) is 0 Å². The van der Waals surface area contributed by atoms with Crippen molar-refractivity contribution in [3.8, 4) is 5.69 Å². The van der Waals surface area contributed by atoms with E-state index in [1.807, 2.05) is 37.3 Å². The molecular formula is C16H15ClN4O2. The Hall–Kier alpha value is -2.60. The van der Waals surface area contributed by atoms with E-state index in [0.29, 0.717) is 16.3 Å². The first-order valence-corrected chi connectivity index (χ1v) is 7.39. The lowest BCUT2D eigenvalue weighted by Crippen LogP contribution is -2.05. The smallest absolute Gasteiger partial charge is 0.341 e. The normalized spacial score (nSPS) is 10.7. The number of carbonyl (C=O) groups excluding carboxylic acids is 1. The molecule has 0 aliphatic carbocycles. The molecule has 6 nitrogen and oxygen atoms in total. The Balaban J connectivity index is 1.79. The van der Waals surface area contributed by atoms with Crippen molar-refractivity contribution in [3.05, 3.63) is 64.7 Å². The standard InChI is InChI=1S/C16H15ClN4O2/c1-11-14(10-23-16(22)12-8-18-20(2)9-12)15(17)21(19-11)13-6-4-3-5-7-13/h3-9H,10H2,1-2H3. The first kappa shape index (κ1) is 15.3. The molecule has 0 atom stereocenters. The van der Waals surface area contributed by atoms with E-state index in [0.717, 1.165) is 11.4 Å². The summed E-state index contributed by atoms with van der Waals surface area (Å²) in [5.41, 5.74) is 2.66. The largest absolute Gasteiger partial charge is 0.457 e. The van der Waals surface area contributed by atoms with Crippen molar-refractivity contribution in [2.24, 2.45) is 7.05 Å². The van der Waals surface area contributed by atoms with Crippen LogP contribution in [0.3, 0.4) is 0 Å². The maximum absolute atomic E-state index is 12.0. The summed E-state index contributed by atoms with van der Waals surface area (Å²) in [5, 5.41) is 8.79. The van der Waals surface area contributed by atoms with Gasteiger partial charge < -0.3 is 4.74 Å². The Labute approximate surface area is 138 Å². The lowest BCUT2D eigenvalue weighted by atomic mass is 10.3. The van der Waals surface area contributed by atoms with Crippen molar-refractivity contribution in [1.29, 1.82) is 0 Å². The molecule has 0 N–H and O–H groups in total. The maximum atomic E-state index is 12.0. The fourth-order valence-electron chi connectivity index (χ4n) is 2.18. The molecule has 0 fully saturated rings. The molecule has 0 saturated heterocycles. The van der Waals surface area contributed by atoms with Crippen molar-refractivity contribution in [2.45, 2.75) is 13.5 Å². The molecule has 7 heteroatoms. The summed E-state index contributed by atoms with van der Waals surface area (Å²) in [6.07, 6.45) is 3.06. The molecule has 3 rings (SSSR count). The summed E-state index contributed by atoms with van der Waals surface area (Å²) in [4.78, 5) is 12.0. The lowest BCUT2D eigenvalue weighted by molar-refractivity contribution is 0.0472. The maximum Gasteiger partial charge on any atom is 0.341 e. The van der Waals surface area contributed by atoms with Crippen molar-refractivity contribution in [1.82, 2.24) is 19.6 Å². The van der Waals surface area contributed by atoms with E-state index < -0.39 is 5.97 Å². The Kier molecular flexibility index (Phi) is 4.16. The highest BCUT2D eigenvalue weighted by atomic mass is 35.5. The van der Waals surface area contributed by atoms with Gasteiger partial charge in [-0.2, -0.15) is 10.2 Å². The molecule has 2 aromatic heterocycles. The van der Waals surface area contributed by atoms with Crippen molar-refractivity contribution < 1.29 is 9.53 Å². The van der Waals surface area contributed by atoms with E-state index in [4.69, 9.17) is 16.3 Å². The summed E-state index contributed by atoms with van der Waals surface area (Å²) in [6.45, 7) is 1.89. The number of halogens is 1. The zero-order valence-corrected chi connectivity index (χ0v) is 13.5. The molecular weight excluding hydrogens is 316 g/mol. The van der Waals surface area contributed by atoms with Crippen molar-refractivity contribution in [3.63, 3.8) is 0 Å². The minimum Gasteiger partial charge on any atom is -0.457 e. The number of aromatic nitrogens is 4. The molecule has 0 aliphatic rings. The van der Waals surface area contributed by atoms with Crippen LogP contribution in [0.2, 0.25) is 5.15 Å². The molecule has 0 amide bonds. The van der Waals surface area contributed by atoms with Crippen LogP contribution in [0.4, 0.5) is 0 Å². The summed E-state index contributed by atoms with van der Waals surface area (Å²) in [6, 6.07) is 9.55. The van der Waals surface area contributed by atoms with Gasteiger partial charge >= 0.3 is 5.97 Å². The highest BCUT2D eigenvalue weighted by molar-refractivity contribution is 6.30. The van der Waals surface area contributed by atoms with Crippen LogP contribution in [-0.4, -0.2) is 25.5 Å². The number of esters is 1. The number of nitrogens with zero attached hydrogens (tertiary/aromatic N) is 4. The van der Waals surface area contributed by atoms with Gasteiger partial charge in [0, 0.05) is 18.8 Å². The minimum absolute atomic E-state index is 0.0607. The Morgan fingerprint density at radius 1 is 1.30 bits per heavy atom. The van der Waals surface area contributed by atoms with Crippen LogP contribution < -0.4 is 0 Å². The van der Waals surface area contributed by atoms with E-state index in [1.54, 1.807) is 22.6 Å². The average molecular weight is 331 g/mol. The predicted octanol–water partition coefficient (Wildman–Crippen LogP) is 2.92. The molecule has 23 heavy (non-hydrogen) atoms. The third-order valence-corrected chi connectivity index (χ3v) is 3.80. The molecule has 0 radical (unpaired) electrons. The van der Waals surface area contributed by atoms with Crippen LogP contribution in [0.15, 0.2) is 42.7 Å². The van der Waals surface area contributed by atoms with Crippen molar-refractivity contribution in [2.75, 3.05) is 0 Å². The van der Waals surface area contributed by atoms with Crippen molar-refractivity contribution >= 4 is 17.6 Å². The van der Waals surface area contributed by atoms with Gasteiger partial charge in [0.05, 0.1) is 23.1 Å². The first-order valence-electron chi connectivity index (χ1n) is 7.01. The summed E-state index contributed by atoms with van der Waals surface area (Å²) in [5.74, 6) is -0.443. The fourth-order valence-corrected chi connectivity index (χ4v) is 2.51. The third kappa shape index (κ3) is 3.12. The number of carbonyl (C=O) groups is 1. The molecule has 118 valence electrons. The fraction of sp³-hybridized carbons (Fsp3) is 0.188. The third-order valence-electron chi connectivity index (χ3n) is 3.41. The SMILES string of the molecule is Cc1nn(-c2ccccc2)c(Cl)c1COC(=O)c1cnn(C)c1. The Morgan fingerprint density at radius 3 is 2.70 bits per heavy atom. The van der Waals surface area contributed by atoms with E-state index in [9.17, 15) is 4.79 Å². The predicted molar refractivity (Wildman–Crippen MR) is 85.6 cm³/mol. The molecule has 1 aromatic carbocycles. The first-order chi connectivity index (χ1) is 11.1. The monoisotopic (exact) mass is 330 g/mol. The number of benzene rings is 1. The second kappa shape index (κ2) is 6.26. The zero-order valence-electron chi connectivity index (χ0n) is 12.7. The van der Waals surface area contributed by atoms with Crippen LogP contribution in [0.25, 0.3) is 5.69 Å². The minimum atomic E-state index is -0.443. The zero-order chi connectivity index (χ0) is 16.4. The number of ether oxygens (including phenoxy) is 1. The highest BCUT2D eigenvalue weighted by Crippen LogP contribution is 2.24. The molecule has 0 bridgehead atoms. The van der Waals surface area contributed by atoms with Gasteiger partial charge in [-0.25, -0.2) is 9.48 Å². The summed E-state index contributed by atoms with van der Waals surface area (Å²) >= 11 is 6.39. The Morgan fingerprint density at radius 2 is 2.04 bits per heavy atom. The Bertz CT molecular complexity index is 839. The second-order valence-electron chi connectivity index (χ2n) is 5.08. The lowest BCUT2D eigenvalue weighted by Gasteiger charge is -2.04. The number of hydrogen-bond acceptors (Lipinski definition) is 4. The van der Waals surface area contributed by atoms with E-state index in [2.05, 4.69) is 10.2 Å². The van der Waals surface area contributed by atoms with E-state index in [1.165, 1.54) is 6.20 Å².